The molecule has 1 amide bonds. The van der Waals surface area contributed by atoms with E-state index in [2.05, 4.69) is 10.3 Å². The summed E-state index contributed by atoms with van der Waals surface area (Å²) >= 11 is 0. The van der Waals surface area contributed by atoms with Crippen LogP contribution >= 0.6 is 0 Å². The number of rotatable bonds is 4. The molecular formula is C25H22N4O4. The number of hydrogen-bond donors (Lipinski definition) is 3. The molecule has 1 atom stereocenters. The summed E-state index contributed by atoms with van der Waals surface area (Å²) in [7, 11) is 1.50. The summed E-state index contributed by atoms with van der Waals surface area (Å²) in [6.45, 7) is 3.50. The molecule has 0 saturated heterocycles. The number of anilines is 1. The maximum Gasteiger partial charge on any atom is 0.256 e. The average molecular weight is 442 g/mol. The van der Waals surface area contributed by atoms with Crippen LogP contribution in [0.4, 0.5) is 5.69 Å². The van der Waals surface area contributed by atoms with Crippen LogP contribution in [0.3, 0.4) is 0 Å². The van der Waals surface area contributed by atoms with Crippen molar-refractivity contribution in [3.63, 3.8) is 0 Å². The van der Waals surface area contributed by atoms with Gasteiger partial charge in [0.1, 0.15) is 23.2 Å². The molecule has 8 nitrogen and oxygen atoms in total. The summed E-state index contributed by atoms with van der Waals surface area (Å²) in [5, 5.41) is 13.4. The average Bonchev–Trinajstić information content (AvgIpc) is 2.78. The predicted molar refractivity (Wildman–Crippen MR) is 124 cm³/mol. The van der Waals surface area contributed by atoms with E-state index < -0.39 is 17.4 Å². The minimum Gasteiger partial charge on any atom is -0.495 e. The van der Waals surface area contributed by atoms with Gasteiger partial charge >= 0.3 is 0 Å². The zero-order chi connectivity index (χ0) is 23.7. The Balaban J connectivity index is 1.87. The fourth-order valence-electron chi connectivity index (χ4n) is 3.97. The lowest BCUT2D eigenvalue weighted by molar-refractivity contribution is -0.113. The lowest BCUT2D eigenvalue weighted by Crippen LogP contribution is -2.31. The molecule has 8 heteroatoms. The van der Waals surface area contributed by atoms with Gasteiger partial charge in [0.2, 0.25) is 5.88 Å². The Bertz CT molecular complexity index is 1440. The number of para-hydroxylation sites is 2. The van der Waals surface area contributed by atoms with Crippen LogP contribution in [0, 0.1) is 18.3 Å². The first kappa shape index (κ1) is 21.7. The second-order valence-electron chi connectivity index (χ2n) is 7.69. The zero-order valence-electron chi connectivity index (χ0n) is 18.4. The Morgan fingerprint density at radius 3 is 2.70 bits per heavy atom. The minimum atomic E-state index is -1.01. The Hall–Kier alpha value is -4.51. The van der Waals surface area contributed by atoms with Crippen LogP contribution in [0.1, 0.15) is 24.0 Å². The van der Waals surface area contributed by atoms with E-state index in [1.54, 1.807) is 37.3 Å². The number of allylic oxidation sites excluding steroid dienone is 2. The molecule has 1 aliphatic heterocycles. The number of benzene rings is 2. The number of nitriles is 1. The van der Waals surface area contributed by atoms with Gasteiger partial charge in [0.05, 0.1) is 24.3 Å². The SMILES string of the molecule is COc1ccccc1NC(=O)C1=C(C)OC(N)=C(C#N)[C@@H]1c1cc2ccc(C)cc2[nH]c1=O. The molecule has 0 saturated carbocycles. The molecule has 0 unspecified atom stereocenters. The quantitative estimate of drug-likeness (QED) is 0.566. The van der Waals surface area contributed by atoms with Gasteiger partial charge in [-0.3, -0.25) is 9.59 Å². The number of carbonyl (C=O) groups excluding carboxylic acids is 1. The Kier molecular flexibility index (Phi) is 5.63. The maximum atomic E-state index is 13.4. The number of carbonyl (C=O) groups is 1. The first-order valence-electron chi connectivity index (χ1n) is 10.2. The molecule has 0 radical (unpaired) electrons. The van der Waals surface area contributed by atoms with Gasteiger partial charge in [-0.1, -0.05) is 24.3 Å². The Morgan fingerprint density at radius 1 is 1.21 bits per heavy atom. The third-order valence-electron chi connectivity index (χ3n) is 5.55. The summed E-state index contributed by atoms with van der Waals surface area (Å²) in [5.74, 6) is -1.02. The van der Waals surface area contributed by atoms with Crippen molar-refractivity contribution in [1.82, 2.24) is 4.98 Å². The van der Waals surface area contributed by atoms with Crippen LogP contribution in [0.2, 0.25) is 0 Å². The van der Waals surface area contributed by atoms with Crippen LogP contribution in [-0.2, 0) is 9.53 Å². The molecule has 4 rings (SSSR count). The molecular weight excluding hydrogens is 420 g/mol. The van der Waals surface area contributed by atoms with Crippen molar-refractivity contribution in [3.8, 4) is 11.8 Å². The Morgan fingerprint density at radius 2 is 1.97 bits per heavy atom. The van der Waals surface area contributed by atoms with Gasteiger partial charge in [0.25, 0.3) is 11.5 Å². The molecule has 4 N–H and O–H groups in total. The number of aryl methyl sites for hydroxylation is 1. The van der Waals surface area contributed by atoms with Gasteiger partial charge in [-0.2, -0.15) is 5.26 Å². The van der Waals surface area contributed by atoms with Gasteiger partial charge in [-0.15, -0.1) is 0 Å². The highest BCUT2D eigenvalue weighted by Crippen LogP contribution is 2.39. The number of nitrogens with one attached hydrogen (secondary N) is 2. The molecule has 166 valence electrons. The van der Waals surface area contributed by atoms with Crippen molar-refractivity contribution in [1.29, 1.82) is 5.26 Å². The molecule has 1 aliphatic rings. The second kappa shape index (κ2) is 8.55. The van der Waals surface area contributed by atoms with E-state index in [0.717, 1.165) is 10.9 Å². The predicted octanol–water partition coefficient (Wildman–Crippen LogP) is 3.57. The van der Waals surface area contributed by atoms with Crippen molar-refractivity contribution in [3.05, 3.63) is 92.8 Å². The number of aromatic amines is 1. The number of H-pyrrole nitrogens is 1. The highest BCUT2D eigenvalue weighted by atomic mass is 16.5. The number of nitrogens with zero attached hydrogens (tertiary/aromatic N) is 1. The van der Waals surface area contributed by atoms with Crippen molar-refractivity contribution >= 4 is 22.5 Å². The minimum absolute atomic E-state index is 0.0114. The van der Waals surface area contributed by atoms with Crippen molar-refractivity contribution in [2.45, 2.75) is 19.8 Å². The number of pyridine rings is 1. The summed E-state index contributed by atoms with van der Waals surface area (Å²) < 4.78 is 10.8. The van der Waals surface area contributed by atoms with Crippen LogP contribution in [0.5, 0.6) is 5.75 Å². The number of nitrogens with two attached hydrogens (primary N) is 1. The zero-order valence-corrected chi connectivity index (χ0v) is 18.4. The summed E-state index contributed by atoms with van der Waals surface area (Å²) in [5.41, 5.74) is 7.98. The molecule has 0 spiro atoms. The Labute approximate surface area is 189 Å². The van der Waals surface area contributed by atoms with Crippen molar-refractivity contribution in [2.75, 3.05) is 12.4 Å². The molecule has 0 aliphatic carbocycles. The van der Waals surface area contributed by atoms with Crippen LogP contribution in [-0.4, -0.2) is 18.0 Å². The van der Waals surface area contributed by atoms with Crippen LogP contribution < -0.4 is 21.3 Å². The van der Waals surface area contributed by atoms with Crippen LogP contribution in [0.15, 0.2) is 76.1 Å². The fraction of sp³-hybridized carbons (Fsp3) is 0.160. The molecule has 0 bridgehead atoms. The lowest BCUT2D eigenvalue weighted by Gasteiger charge is -2.27. The highest BCUT2D eigenvalue weighted by molar-refractivity contribution is 6.06. The molecule has 1 aromatic heterocycles. The smallest absolute Gasteiger partial charge is 0.256 e. The number of aromatic nitrogens is 1. The monoisotopic (exact) mass is 442 g/mol. The summed E-state index contributed by atoms with van der Waals surface area (Å²) in [6.07, 6.45) is 0. The number of hydrogen-bond acceptors (Lipinski definition) is 6. The number of fused-ring (bicyclic) bond motifs is 1. The van der Waals surface area contributed by atoms with Crippen LogP contribution in [0.25, 0.3) is 10.9 Å². The van der Waals surface area contributed by atoms with E-state index >= 15 is 0 Å². The van der Waals surface area contributed by atoms with E-state index in [9.17, 15) is 14.9 Å². The van der Waals surface area contributed by atoms with Gasteiger partial charge in [0, 0.05) is 11.1 Å². The topological polar surface area (TPSA) is 130 Å². The standard InChI is InChI=1S/C25H22N4O4/c1-13-8-9-15-11-16(24(30)29-19(15)10-13)22-17(12-26)23(27)33-14(2)21(22)25(31)28-18-6-4-5-7-20(18)32-3/h4-11,22H,27H2,1-3H3,(H,28,31)(H,29,30)/t22-/m0/s1. The van der Waals surface area contributed by atoms with Gasteiger partial charge < -0.3 is 25.5 Å². The number of ether oxygens (including phenoxy) is 2. The lowest BCUT2D eigenvalue weighted by atomic mass is 9.82. The van der Waals surface area contributed by atoms with E-state index in [1.165, 1.54) is 7.11 Å². The molecule has 0 fully saturated rings. The van der Waals surface area contributed by atoms with E-state index in [-0.39, 0.29) is 28.4 Å². The molecule has 33 heavy (non-hydrogen) atoms. The fourth-order valence-corrected chi connectivity index (χ4v) is 3.97. The first-order chi connectivity index (χ1) is 15.8. The summed E-state index contributed by atoms with van der Waals surface area (Å²) in [6, 6.07) is 16.3. The summed E-state index contributed by atoms with van der Waals surface area (Å²) in [4.78, 5) is 29.4. The molecule has 3 aromatic rings. The third kappa shape index (κ3) is 3.92. The maximum absolute atomic E-state index is 13.4. The van der Waals surface area contributed by atoms with E-state index in [4.69, 9.17) is 15.2 Å². The second-order valence-corrected chi connectivity index (χ2v) is 7.69. The largest absolute Gasteiger partial charge is 0.495 e. The third-order valence-corrected chi connectivity index (χ3v) is 5.55. The van der Waals surface area contributed by atoms with E-state index in [1.807, 2.05) is 31.2 Å². The highest BCUT2D eigenvalue weighted by Gasteiger charge is 2.37. The van der Waals surface area contributed by atoms with E-state index in [0.29, 0.717) is 17.0 Å². The van der Waals surface area contributed by atoms with Gasteiger partial charge in [-0.25, -0.2) is 0 Å². The number of amides is 1. The van der Waals surface area contributed by atoms with Gasteiger partial charge in [0.15, 0.2) is 0 Å². The molecule has 2 aromatic carbocycles. The normalized spacial score (nSPS) is 15.8. The van der Waals surface area contributed by atoms with Crippen molar-refractivity contribution in [2.24, 2.45) is 5.73 Å². The number of methoxy groups -OCH3 is 1. The van der Waals surface area contributed by atoms with Crippen molar-refractivity contribution < 1.29 is 14.3 Å². The molecule has 2 heterocycles. The first-order valence-corrected chi connectivity index (χ1v) is 10.2. The van der Waals surface area contributed by atoms with Gasteiger partial charge in [-0.05, 0) is 49.1 Å².